The number of hydrogen-bond acceptors (Lipinski definition) is 5. The number of imidazole rings is 1. The third-order valence-corrected chi connectivity index (χ3v) is 5.75. The van der Waals surface area contributed by atoms with Gasteiger partial charge >= 0.3 is 5.69 Å². The van der Waals surface area contributed by atoms with Crippen LogP contribution in [-0.2, 0) is 24.4 Å². The molecule has 132 valence electrons. The number of fused-ring (bicyclic) bond motifs is 1. The lowest BCUT2D eigenvalue weighted by atomic mass is 10.4. The van der Waals surface area contributed by atoms with Gasteiger partial charge in [-0.2, -0.15) is 0 Å². The van der Waals surface area contributed by atoms with Crippen LogP contribution in [0.2, 0.25) is 0 Å². The van der Waals surface area contributed by atoms with Crippen molar-refractivity contribution in [3.63, 3.8) is 0 Å². The highest BCUT2D eigenvalue weighted by Crippen LogP contribution is 2.15. The molecule has 26 heavy (non-hydrogen) atoms. The van der Waals surface area contributed by atoms with Gasteiger partial charge in [0.25, 0.3) is 0 Å². The molecular formula is C18H16N4O2S2. The quantitative estimate of drug-likeness (QED) is 0.556. The van der Waals surface area contributed by atoms with Crippen molar-refractivity contribution in [3.8, 4) is 0 Å². The molecule has 0 saturated carbocycles. The van der Waals surface area contributed by atoms with E-state index >= 15 is 0 Å². The van der Waals surface area contributed by atoms with Crippen LogP contribution in [-0.4, -0.2) is 20.0 Å². The second kappa shape index (κ2) is 7.27. The van der Waals surface area contributed by atoms with Gasteiger partial charge in [0.15, 0.2) is 5.65 Å². The molecule has 4 aromatic heterocycles. The van der Waals surface area contributed by atoms with Gasteiger partial charge < -0.3 is 5.32 Å². The molecule has 4 aromatic rings. The van der Waals surface area contributed by atoms with Gasteiger partial charge in [0.2, 0.25) is 5.91 Å². The van der Waals surface area contributed by atoms with Crippen molar-refractivity contribution in [2.75, 3.05) is 0 Å². The van der Waals surface area contributed by atoms with Crippen molar-refractivity contribution < 1.29 is 4.79 Å². The summed E-state index contributed by atoms with van der Waals surface area (Å²) in [6.45, 7) is 0.898. The van der Waals surface area contributed by atoms with Gasteiger partial charge in [0.05, 0.1) is 18.6 Å². The second-order valence-corrected chi connectivity index (χ2v) is 7.80. The third kappa shape index (κ3) is 3.33. The summed E-state index contributed by atoms with van der Waals surface area (Å²) in [7, 11) is 0. The van der Waals surface area contributed by atoms with Crippen molar-refractivity contribution in [2.45, 2.75) is 19.6 Å². The first-order chi connectivity index (χ1) is 12.7. The standard InChI is InChI=1S/C18H16N4O2S2/c23-16(20-10-13-4-2-8-25-13)12-21-15-6-1-7-19-17(15)22(18(21)24)11-14-5-3-9-26-14/h1-9H,10-12H2,(H,20,23). The topological polar surface area (TPSA) is 68.9 Å². The van der Waals surface area contributed by atoms with E-state index in [-0.39, 0.29) is 18.1 Å². The molecule has 0 saturated heterocycles. The normalized spacial score (nSPS) is 11.1. The predicted molar refractivity (Wildman–Crippen MR) is 104 cm³/mol. The monoisotopic (exact) mass is 384 g/mol. The molecule has 0 bridgehead atoms. The summed E-state index contributed by atoms with van der Waals surface area (Å²) in [5, 5.41) is 6.81. The Bertz CT molecular complexity index is 1080. The van der Waals surface area contributed by atoms with Crippen molar-refractivity contribution in [2.24, 2.45) is 0 Å². The van der Waals surface area contributed by atoms with Crippen LogP contribution >= 0.6 is 22.7 Å². The largest absolute Gasteiger partial charge is 0.350 e. The Kier molecular flexibility index (Phi) is 4.68. The van der Waals surface area contributed by atoms with Crippen molar-refractivity contribution >= 4 is 39.7 Å². The Morgan fingerprint density at radius 1 is 1.04 bits per heavy atom. The number of rotatable bonds is 6. The molecule has 0 fully saturated rings. The zero-order valence-corrected chi connectivity index (χ0v) is 15.4. The van der Waals surface area contributed by atoms with Gasteiger partial charge in [0.1, 0.15) is 6.54 Å². The lowest BCUT2D eigenvalue weighted by Gasteiger charge is -2.05. The van der Waals surface area contributed by atoms with Crippen LogP contribution in [0.5, 0.6) is 0 Å². The van der Waals surface area contributed by atoms with Gasteiger partial charge in [0, 0.05) is 16.0 Å². The average Bonchev–Trinajstić information content (AvgIpc) is 3.39. The van der Waals surface area contributed by atoms with E-state index in [1.807, 2.05) is 41.1 Å². The summed E-state index contributed by atoms with van der Waals surface area (Å²) in [6.07, 6.45) is 1.66. The Hall–Kier alpha value is -2.71. The van der Waals surface area contributed by atoms with E-state index in [0.717, 1.165) is 9.75 Å². The van der Waals surface area contributed by atoms with Gasteiger partial charge in [-0.25, -0.2) is 9.78 Å². The number of aromatic nitrogens is 3. The Balaban J connectivity index is 1.61. The Morgan fingerprint density at radius 2 is 1.81 bits per heavy atom. The molecule has 4 rings (SSSR count). The number of carbonyl (C=O) groups excluding carboxylic acids is 1. The lowest BCUT2D eigenvalue weighted by molar-refractivity contribution is -0.121. The molecule has 0 aliphatic carbocycles. The first-order valence-electron chi connectivity index (χ1n) is 8.08. The molecule has 6 nitrogen and oxygen atoms in total. The minimum absolute atomic E-state index is 0.0240. The van der Waals surface area contributed by atoms with Crippen LogP contribution in [0.4, 0.5) is 0 Å². The molecule has 8 heteroatoms. The van der Waals surface area contributed by atoms with Crippen LogP contribution in [0.15, 0.2) is 58.1 Å². The Morgan fingerprint density at radius 3 is 2.54 bits per heavy atom. The summed E-state index contributed by atoms with van der Waals surface area (Å²) < 4.78 is 3.10. The highest BCUT2D eigenvalue weighted by atomic mass is 32.1. The van der Waals surface area contributed by atoms with E-state index in [1.54, 1.807) is 39.5 Å². The van der Waals surface area contributed by atoms with E-state index in [2.05, 4.69) is 10.3 Å². The number of thiophene rings is 2. The van der Waals surface area contributed by atoms with E-state index < -0.39 is 0 Å². The molecule has 1 N–H and O–H groups in total. The molecule has 1 amide bonds. The first-order valence-corrected chi connectivity index (χ1v) is 9.84. The molecule has 0 aliphatic rings. The fourth-order valence-corrected chi connectivity index (χ4v) is 4.14. The number of hydrogen-bond donors (Lipinski definition) is 1. The average molecular weight is 384 g/mol. The highest BCUT2D eigenvalue weighted by Gasteiger charge is 2.16. The zero-order valence-electron chi connectivity index (χ0n) is 13.8. The minimum atomic E-state index is -0.224. The second-order valence-electron chi connectivity index (χ2n) is 5.74. The molecule has 0 radical (unpaired) electrons. The van der Waals surface area contributed by atoms with Crippen LogP contribution in [0, 0.1) is 0 Å². The van der Waals surface area contributed by atoms with Crippen LogP contribution < -0.4 is 11.0 Å². The van der Waals surface area contributed by atoms with Gasteiger partial charge in [-0.05, 0) is 35.0 Å². The maximum Gasteiger partial charge on any atom is 0.331 e. The van der Waals surface area contributed by atoms with Gasteiger partial charge in [-0.3, -0.25) is 13.9 Å². The summed E-state index contributed by atoms with van der Waals surface area (Å²) in [4.78, 5) is 31.7. The van der Waals surface area contributed by atoms with Gasteiger partial charge in [-0.15, -0.1) is 22.7 Å². The predicted octanol–water partition coefficient (Wildman–Crippen LogP) is 2.69. The summed E-state index contributed by atoms with van der Waals surface area (Å²) in [5.74, 6) is -0.195. The lowest BCUT2D eigenvalue weighted by Crippen LogP contribution is -2.32. The molecular weight excluding hydrogens is 368 g/mol. The van der Waals surface area contributed by atoms with Crippen molar-refractivity contribution in [1.82, 2.24) is 19.4 Å². The minimum Gasteiger partial charge on any atom is -0.350 e. The van der Waals surface area contributed by atoms with Crippen molar-refractivity contribution in [1.29, 1.82) is 0 Å². The smallest absolute Gasteiger partial charge is 0.331 e. The summed E-state index contributed by atoms with van der Waals surface area (Å²) in [6, 6.07) is 11.4. The number of nitrogens with zero attached hydrogens (tertiary/aromatic N) is 3. The van der Waals surface area contributed by atoms with Gasteiger partial charge in [-0.1, -0.05) is 12.1 Å². The third-order valence-electron chi connectivity index (χ3n) is 4.01. The van der Waals surface area contributed by atoms with E-state index in [1.165, 1.54) is 4.57 Å². The Labute approximate surface area is 157 Å². The number of nitrogens with one attached hydrogen (secondary N) is 1. The van der Waals surface area contributed by atoms with E-state index in [9.17, 15) is 9.59 Å². The fourth-order valence-electron chi connectivity index (χ4n) is 2.80. The maximum atomic E-state index is 12.9. The first kappa shape index (κ1) is 16.7. The molecule has 0 unspecified atom stereocenters. The highest BCUT2D eigenvalue weighted by molar-refractivity contribution is 7.10. The zero-order chi connectivity index (χ0) is 17.9. The summed E-state index contributed by atoms with van der Waals surface area (Å²) >= 11 is 3.18. The molecule has 4 heterocycles. The van der Waals surface area contributed by atoms with E-state index in [4.69, 9.17) is 0 Å². The molecule has 0 aromatic carbocycles. The van der Waals surface area contributed by atoms with Crippen molar-refractivity contribution in [3.05, 3.63) is 73.6 Å². The molecule has 0 aliphatic heterocycles. The van der Waals surface area contributed by atoms with Crippen LogP contribution in [0.1, 0.15) is 9.75 Å². The maximum absolute atomic E-state index is 12.9. The number of amides is 1. The van der Waals surface area contributed by atoms with Crippen LogP contribution in [0.3, 0.4) is 0 Å². The van der Waals surface area contributed by atoms with Crippen LogP contribution in [0.25, 0.3) is 11.2 Å². The van der Waals surface area contributed by atoms with E-state index in [0.29, 0.717) is 24.3 Å². The molecule has 0 spiro atoms. The number of carbonyl (C=O) groups is 1. The summed E-state index contributed by atoms with van der Waals surface area (Å²) in [5.41, 5.74) is 1.04. The number of pyridine rings is 1. The fraction of sp³-hybridized carbons (Fsp3) is 0.167. The molecule has 0 atom stereocenters. The SMILES string of the molecule is O=C(Cn1c(=O)n(Cc2cccs2)c2ncccc21)NCc1cccs1.